The normalized spacial score (nSPS) is 11.0. The molecule has 2 aromatic heterocycles. The standard InChI is InChI=1S/C23H19ClN4O3S/c1-13-4-6-14(7-5-13)26-23(32)27-22(31)17-12-28(9-10-29)20-15-3-2-8-25-19(15)18(24)11-16(20)21(17)30/h2-8,11-12,29H,9-10H2,1H3,(H2,26,27,31,32). The Morgan fingerprint density at radius 3 is 2.69 bits per heavy atom. The number of thiocarbonyl (C=S) groups is 1. The highest BCUT2D eigenvalue weighted by molar-refractivity contribution is 7.80. The van der Waals surface area contributed by atoms with Crippen LogP contribution in [0.4, 0.5) is 5.69 Å². The van der Waals surface area contributed by atoms with Gasteiger partial charge in [0, 0.05) is 35.4 Å². The third-order valence-corrected chi connectivity index (χ3v) is 5.49. The van der Waals surface area contributed by atoms with Gasteiger partial charge in [0.2, 0.25) is 5.43 Å². The number of aromatic nitrogens is 2. The number of benzene rings is 2. The Bertz CT molecular complexity index is 1420. The van der Waals surface area contributed by atoms with Crippen molar-refractivity contribution in [3.63, 3.8) is 0 Å². The SMILES string of the molecule is Cc1ccc(NC(=S)NC(=O)c2cn(CCO)c3c(cc(Cl)c4ncccc43)c2=O)cc1. The van der Waals surface area contributed by atoms with Crippen molar-refractivity contribution in [2.75, 3.05) is 11.9 Å². The van der Waals surface area contributed by atoms with Crippen LogP contribution in [0, 0.1) is 6.92 Å². The van der Waals surface area contributed by atoms with Gasteiger partial charge in [-0.25, -0.2) is 0 Å². The number of hydrogen-bond donors (Lipinski definition) is 3. The Morgan fingerprint density at radius 2 is 1.97 bits per heavy atom. The second-order valence-electron chi connectivity index (χ2n) is 7.22. The molecule has 0 saturated carbocycles. The average molecular weight is 467 g/mol. The molecule has 4 aromatic rings. The third-order valence-electron chi connectivity index (χ3n) is 5.00. The van der Waals surface area contributed by atoms with Crippen molar-refractivity contribution >= 4 is 62.3 Å². The van der Waals surface area contributed by atoms with E-state index in [1.807, 2.05) is 31.2 Å². The smallest absolute Gasteiger partial charge is 0.262 e. The molecule has 3 N–H and O–H groups in total. The van der Waals surface area contributed by atoms with Crippen LogP contribution < -0.4 is 16.1 Å². The average Bonchev–Trinajstić information content (AvgIpc) is 2.77. The van der Waals surface area contributed by atoms with Gasteiger partial charge in [-0.2, -0.15) is 0 Å². The zero-order valence-corrected chi connectivity index (χ0v) is 18.6. The number of aliphatic hydroxyl groups is 1. The molecule has 0 fully saturated rings. The van der Waals surface area contributed by atoms with Crippen LogP contribution in [0.5, 0.6) is 0 Å². The zero-order valence-electron chi connectivity index (χ0n) is 17.1. The van der Waals surface area contributed by atoms with E-state index in [9.17, 15) is 14.7 Å². The van der Waals surface area contributed by atoms with E-state index in [1.165, 1.54) is 12.3 Å². The summed E-state index contributed by atoms with van der Waals surface area (Å²) in [5.41, 5.74) is 2.29. The van der Waals surface area contributed by atoms with Crippen molar-refractivity contribution in [1.82, 2.24) is 14.9 Å². The quantitative estimate of drug-likeness (QED) is 0.314. The highest BCUT2D eigenvalue weighted by atomic mass is 35.5. The van der Waals surface area contributed by atoms with Gasteiger partial charge in [0.1, 0.15) is 5.56 Å². The van der Waals surface area contributed by atoms with E-state index < -0.39 is 11.3 Å². The number of anilines is 1. The lowest BCUT2D eigenvalue weighted by Gasteiger charge is -2.15. The minimum atomic E-state index is -0.657. The molecule has 2 aromatic carbocycles. The molecule has 0 atom stereocenters. The summed E-state index contributed by atoms with van der Waals surface area (Å²) in [5, 5.41) is 16.3. The molecular weight excluding hydrogens is 448 g/mol. The molecule has 32 heavy (non-hydrogen) atoms. The van der Waals surface area contributed by atoms with Crippen LogP contribution in [0.3, 0.4) is 0 Å². The first-order valence-corrected chi connectivity index (χ1v) is 10.6. The fourth-order valence-corrected chi connectivity index (χ4v) is 3.99. The van der Waals surface area contributed by atoms with Crippen molar-refractivity contribution in [1.29, 1.82) is 0 Å². The number of nitrogens with one attached hydrogen (secondary N) is 2. The number of fused-ring (bicyclic) bond motifs is 3. The van der Waals surface area contributed by atoms with Crippen LogP contribution in [0.2, 0.25) is 5.02 Å². The molecule has 0 aliphatic carbocycles. The van der Waals surface area contributed by atoms with Gasteiger partial charge in [0.25, 0.3) is 5.91 Å². The molecule has 1 amide bonds. The summed E-state index contributed by atoms with van der Waals surface area (Å²) < 4.78 is 1.66. The van der Waals surface area contributed by atoms with Crippen molar-refractivity contribution in [2.45, 2.75) is 13.5 Å². The predicted octanol–water partition coefficient (Wildman–Crippen LogP) is 3.63. The number of amides is 1. The maximum Gasteiger partial charge on any atom is 0.262 e. The van der Waals surface area contributed by atoms with Crippen LogP contribution in [0.25, 0.3) is 21.8 Å². The molecule has 162 valence electrons. The molecule has 0 radical (unpaired) electrons. The molecule has 0 saturated heterocycles. The second kappa shape index (κ2) is 9.04. The summed E-state index contributed by atoms with van der Waals surface area (Å²) in [4.78, 5) is 30.4. The first kappa shape index (κ1) is 21.9. The number of halogens is 1. The van der Waals surface area contributed by atoms with Crippen molar-refractivity contribution in [2.24, 2.45) is 0 Å². The highest BCUT2D eigenvalue weighted by Crippen LogP contribution is 2.29. The summed E-state index contributed by atoms with van der Waals surface area (Å²) in [6.07, 6.45) is 3.03. The van der Waals surface area contributed by atoms with Gasteiger partial charge in [-0.05, 0) is 49.5 Å². The van der Waals surface area contributed by atoms with Crippen LogP contribution in [0.1, 0.15) is 15.9 Å². The monoisotopic (exact) mass is 466 g/mol. The summed E-state index contributed by atoms with van der Waals surface area (Å²) in [6, 6.07) is 12.5. The molecule has 9 heteroatoms. The Hall–Kier alpha value is -3.33. The summed E-state index contributed by atoms with van der Waals surface area (Å²) in [5.74, 6) is -0.657. The minimum absolute atomic E-state index is 0.0628. The van der Waals surface area contributed by atoms with Gasteiger partial charge in [0.05, 0.1) is 22.7 Å². The molecule has 0 bridgehead atoms. The summed E-state index contributed by atoms with van der Waals surface area (Å²) in [7, 11) is 0. The lowest BCUT2D eigenvalue weighted by Crippen LogP contribution is -2.37. The lowest BCUT2D eigenvalue weighted by molar-refractivity contribution is 0.0976. The number of rotatable bonds is 4. The van der Waals surface area contributed by atoms with Crippen LogP contribution in [-0.4, -0.2) is 32.3 Å². The van der Waals surface area contributed by atoms with E-state index in [4.69, 9.17) is 23.8 Å². The van der Waals surface area contributed by atoms with Gasteiger partial charge in [0.15, 0.2) is 5.11 Å². The van der Waals surface area contributed by atoms with Gasteiger partial charge >= 0.3 is 0 Å². The minimum Gasteiger partial charge on any atom is -0.395 e. The van der Waals surface area contributed by atoms with Gasteiger partial charge in [-0.3, -0.25) is 19.9 Å². The maximum absolute atomic E-state index is 13.2. The van der Waals surface area contributed by atoms with Gasteiger partial charge < -0.3 is 15.0 Å². The number of aliphatic hydroxyl groups excluding tert-OH is 1. The summed E-state index contributed by atoms with van der Waals surface area (Å²) >= 11 is 11.6. The first-order chi connectivity index (χ1) is 15.4. The van der Waals surface area contributed by atoms with E-state index in [2.05, 4.69) is 15.6 Å². The number of pyridine rings is 2. The van der Waals surface area contributed by atoms with Crippen molar-refractivity contribution < 1.29 is 9.90 Å². The second-order valence-corrected chi connectivity index (χ2v) is 8.03. The Labute approximate surface area is 193 Å². The number of hydrogen-bond acceptors (Lipinski definition) is 5. The third kappa shape index (κ3) is 4.20. The number of carbonyl (C=O) groups excluding carboxylic acids is 1. The van der Waals surface area contributed by atoms with E-state index in [1.54, 1.807) is 22.9 Å². The maximum atomic E-state index is 13.2. The lowest BCUT2D eigenvalue weighted by atomic mass is 10.1. The van der Waals surface area contributed by atoms with E-state index in [0.717, 1.165) is 5.56 Å². The molecule has 2 heterocycles. The molecule has 4 rings (SSSR count). The van der Waals surface area contributed by atoms with E-state index in [-0.39, 0.29) is 29.2 Å². The van der Waals surface area contributed by atoms with Gasteiger partial charge in [-0.1, -0.05) is 29.3 Å². The van der Waals surface area contributed by atoms with Gasteiger partial charge in [-0.15, -0.1) is 0 Å². The Balaban J connectivity index is 1.75. The van der Waals surface area contributed by atoms with Crippen molar-refractivity contribution in [3.8, 4) is 0 Å². The Kier molecular flexibility index (Phi) is 6.18. The first-order valence-electron chi connectivity index (χ1n) is 9.79. The largest absolute Gasteiger partial charge is 0.395 e. The number of nitrogens with zero attached hydrogens (tertiary/aromatic N) is 2. The van der Waals surface area contributed by atoms with Crippen LogP contribution in [-0.2, 0) is 6.54 Å². The molecule has 0 aliphatic heterocycles. The Morgan fingerprint density at radius 1 is 1.22 bits per heavy atom. The van der Waals surface area contributed by atoms with Crippen molar-refractivity contribution in [3.05, 3.63) is 81.2 Å². The van der Waals surface area contributed by atoms with E-state index >= 15 is 0 Å². The zero-order chi connectivity index (χ0) is 22.8. The van der Waals surface area contributed by atoms with E-state index in [0.29, 0.717) is 27.1 Å². The molecule has 0 aliphatic rings. The predicted molar refractivity (Wildman–Crippen MR) is 130 cm³/mol. The number of carbonyl (C=O) groups is 1. The van der Waals surface area contributed by atoms with Crippen LogP contribution >= 0.6 is 23.8 Å². The topological polar surface area (TPSA) is 96.2 Å². The van der Waals surface area contributed by atoms with Crippen LogP contribution in [0.15, 0.2) is 59.7 Å². The fraction of sp³-hybridized carbons (Fsp3) is 0.130. The fourth-order valence-electron chi connectivity index (χ4n) is 3.52. The summed E-state index contributed by atoms with van der Waals surface area (Å²) in [6.45, 7) is 1.96. The molecular formula is C23H19ClN4O3S. The molecule has 7 nitrogen and oxygen atoms in total. The molecule has 0 spiro atoms. The number of aryl methyl sites for hydroxylation is 1. The molecule has 0 unspecified atom stereocenters. The highest BCUT2D eigenvalue weighted by Gasteiger charge is 2.19.